The van der Waals surface area contributed by atoms with Crippen molar-refractivity contribution >= 4 is 41.6 Å². The molecule has 1 aromatic rings. The van der Waals surface area contributed by atoms with Crippen LogP contribution in [0.4, 0.5) is 4.39 Å². The first kappa shape index (κ1) is 18.4. The van der Waals surface area contributed by atoms with E-state index in [9.17, 15) is 17.6 Å². The van der Waals surface area contributed by atoms with Crippen LogP contribution in [0.25, 0.3) is 0 Å². The van der Waals surface area contributed by atoms with Crippen molar-refractivity contribution in [3.05, 3.63) is 28.0 Å². The molecular weight excluding hydrogens is 385 g/mol. The van der Waals surface area contributed by atoms with Gasteiger partial charge < -0.3 is 4.90 Å². The Labute approximate surface area is 136 Å². The molecule has 0 aliphatic carbocycles. The summed E-state index contributed by atoms with van der Waals surface area (Å²) in [5.74, 6) is -1.37. The Morgan fingerprint density at radius 2 is 2.00 bits per heavy atom. The van der Waals surface area contributed by atoms with Gasteiger partial charge in [0.05, 0.1) is 5.56 Å². The molecule has 0 saturated carbocycles. The van der Waals surface area contributed by atoms with Crippen molar-refractivity contribution < 1.29 is 17.6 Å². The lowest BCUT2D eigenvalue weighted by Crippen LogP contribution is -2.37. The second-order valence-corrected chi connectivity index (χ2v) is 8.18. The van der Waals surface area contributed by atoms with Crippen LogP contribution in [-0.2, 0) is 9.05 Å². The van der Waals surface area contributed by atoms with E-state index in [4.69, 9.17) is 10.7 Å². The van der Waals surface area contributed by atoms with Gasteiger partial charge in [0.15, 0.2) is 0 Å². The van der Waals surface area contributed by atoms with Crippen molar-refractivity contribution in [1.29, 1.82) is 0 Å². The molecule has 0 unspecified atom stereocenters. The van der Waals surface area contributed by atoms with Crippen LogP contribution in [0.1, 0.15) is 37.6 Å². The van der Waals surface area contributed by atoms with Gasteiger partial charge in [0.25, 0.3) is 15.0 Å². The van der Waals surface area contributed by atoms with Gasteiger partial charge in [-0.1, -0.05) is 6.92 Å². The predicted molar refractivity (Wildman–Crippen MR) is 83.6 cm³/mol. The zero-order valence-electron chi connectivity index (χ0n) is 11.9. The summed E-state index contributed by atoms with van der Waals surface area (Å²) in [4.78, 5) is 13.4. The Bertz CT molecular complexity index is 649. The highest BCUT2D eigenvalue weighted by Crippen LogP contribution is 2.28. The van der Waals surface area contributed by atoms with E-state index in [0.29, 0.717) is 6.54 Å². The van der Waals surface area contributed by atoms with Crippen LogP contribution in [0, 0.1) is 5.82 Å². The summed E-state index contributed by atoms with van der Waals surface area (Å²) in [6.07, 6.45) is 0.753. The van der Waals surface area contributed by atoms with Gasteiger partial charge in [0.2, 0.25) is 0 Å². The molecule has 0 heterocycles. The number of rotatable bonds is 5. The molecule has 0 spiro atoms. The summed E-state index contributed by atoms with van der Waals surface area (Å²) in [7, 11) is 0.929. The maximum Gasteiger partial charge on any atom is 0.264 e. The van der Waals surface area contributed by atoms with Gasteiger partial charge in [0.1, 0.15) is 10.7 Å². The highest BCUT2D eigenvalue weighted by Gasteiger charge is 2.25. The van der Waals surface area contributed by atoms with Gasteiger partial charge in [-0.15, -0.1) is 0 Å². The minimum atomic E-state index is -4.26. The molecule has 118 valence electrons. The van der Waals surface area contributed by atoms with Gasteiger partial charge in [-0.05, 0) is 48.3 Å². The first-order valence-corrected chi connectivity index (χ1v) is 9.44. The third-order valence-electron chi connectivity index (χ3n) is 2.86. The fourth-order valence-electron chi connectivity index (χ4n) is 1.87. The van der Waals surface area contributed by atoms with Crippen LogP contribution in [0.5, 0.6) is 0 Å². The first-order chi connectivity index (χ1) is 9.59. The lowest BCUT2D eigenvalue weighted by molar-refractivity contribution is 0.0704. The molecule has 0 fully saturated rings. The lowest BCUT2D eigenvalue weighted by atomic mass is 10.1. The number of hydrogen-bond acceptors (Lipinski definition) is 3. The molecule has 1 aromatic carbocycles. The molecule has 1 amide bonds. The fraction of sp³-hybridized carbons (Fsp3) is 0.462. The summed E-state index contributed by atoms with van der Waals surface area (Å²) in [6.45, 7) is 6.15. The number of benzene rings is 1. The summed E-state index contributed by atoms with van der Waals surface area (Å²) in [6, 6.07) is 1.84. The Balaban J connectivity index is 3.39. The average molecular weight is 401 g/mol. The SMILES string of the molecule is CCCN(C(=O)c1cc(S(=O)(=O)Cl)c(F)cc1Br)C(C)C. The van der Waals surface area contributed by atoms with Crippen molar-refractivity contribution in [2.24, 2.45) is 0 Å². The largest absolute Gasteiger partial charge is 0.336 e. The summed E-state index contributed by atoms with van der Waals surface area (Å²) in [5.41, 5.74) is 0.0674. The minimum Gasteiger partial charge on any atom is -0.336 e. The molecule has 0 N–H and O–H groups in total. The average Bonchev–Trinajstić information content (AvgIpc) is 2.33. The molecule has 8 heteroatoms. The van der Waals surface area contributed by atoms with Crippen molar-refractivity contribution in [2.45, 2.75) is 38.1 Å². The van der Waals surface area contributed by atoms with E-state index in [0.717, 1.165) is 18.6 Å². The Hall–Kier alpha value is -0.660. The van der Waals surface area contributed by atoms with Crippen LogP contribution in [0.2, 0.25) is 0 Å². The molecule has 1 rings (SSSR count). The molecule has 0 aliphatic rings. The highest BCUT2D eigenvalue weighted by atomic mass is 79.9. The molecular formula is C13H16BrClFNO3S. The third kappa shape index (κ3) is 4.40. The predicted octanol–water partition coefficient (Wildman–Crippen LogP) is 3.78. The molecule has 0 atom stereocenters. The Morgan fingerprint density at radius 3 is 2.43 bits per heavy atom. The van der Waals surface area contributed by atoms with Crippen molar-refractivity contribution in [1.82, 2.24) is 4.90 Å². The Morgan fingerprint density at radius 1 is 1.43 bits per heavy atom. The smallest absolute Gasteiger partial charge is 0.264 e. The standard InChI is InChI=1S/C13H16BrClFNO3S/c1-4-5-17(8(2)3)13(18)9-6-12(21(15,19)20)11(16)7-10(9)14/h6-8H,4-5H2,1-3H3. The van der Waals surface area contributed by atoms with Crippen LogP contribution in [0.3, 0.4) is 0 Å². The van der Waals surface area contributed by atoms with E-state index in [1.54, 1.807) is 4.90 Å². The zero-order chi connectivity index (χ0) is 16.4. The number of amides is 1. The van der Waals surface area contributed by atoms with E-state index in [1.165, 1.54) is 0 Å². The molecule has 0 radical (unpaired) electrons. The van der Waals surface area contributed by atoms with E-state index >= 15 is 0 Å². The summed E-state index contributed by atoms with van der Waals surface area (Å²) >= 11 is 3.09. The van der Waals surface area contributed by atoms with Crippen molar-refractivity contribution in [3.63, 3.8) is 0 Å². The normalized spacial score (nSPS) is 11.8. The van der Waals surface area contributed by atoms with E-state index in [-0.39, 0.29) is 22.0 Å². The maximum atomic E-state index is 13.7. The van der Waals surface area contributed by atoms with Gasteiger partial charge in [-0.25, -0.2) is 12.8 Å². The number of halogens is 3. The molecule has 0 aromatic heterocycles. The van der Waals surface area contributed by atoms with E-state index in [2.05, 4.69) is 15.9 Å². The number of hydrogen-bond donors (Lipinski definition) is 0. The number of carbonyl (C=O) groups is 1. The van der Waals surface area contributed by atoms with Crippen LogP contribution in [0.15, 0.2) is 21.5 Å². The molecule has 21 heavy (non-hydrogen) atoms. The first-order valence-electron chi connectivity index (χ1n) is 6.34. The summed E-state index contributed by atoms with van der Waals surface area (Å²) < 4.78 is 36.6. The lowest BCUT2D eigenvalue weighted by Gasteiger charge is -2.27. The third-order valence-corrected chi connectivity index (χ3v) is 4.86. The molecule has 0 aliphatic heterocycles. The summed E-state index contributed by atoms with van der Waals surface area (Å²) in [5, 5.41) is 0. The van der Waals surface area contributed by atoms with Crippen LogP contribution < -0.4 is 0 Å². The highest BCUT2D eigenvalue weighted by molar-refractivity contribution is 9.10. The molecule has 4 nitrogen and oxygen atoms in total. The van der Waals surface area contributed by atoms with Crippen LogP contribution >= 0.6 is 26.6 Å². The van der Waals surface area contributed by atoms with Gasteiger partial charge in [-0.3, -0.25) is 4.79 Å². The van der Waals surface area contributed by atoms with Crippen molar-refractivity contribution in [3.8, 4) is 0 Å². The second-order valence-electron chi connectivity index (χ2n) is 4.79. The topological polar surface area (TPSA) is 54.5 Å². The Kier molecular flexibility index (Phi) is 6.19. The quantitative estimate of drug-likeness (QED) is 0.707. The minimum absolute atomic E-state index is 0.0644. The van der Waals surface area contributed by atoms with Gasteiger partial charge >= 0.3 is 0 Å². The molecule has 0 bridgehead atoms. The van der Waals surface area contributed by atoms with Crippen molar-refractivity contribution in [2.75, 3.05) is 6.54 Å². The fourth-order valence-corrected chi connectivity index (χ4v) is 3.26. The van der Waals surface area contributed by atoms with Gasteiger partial charge in [-0.2, -0.15) is 0 Å². The number of nitrogens with zero attached hydrogens (tertiary/aromatic N) is 1. The van der Waals surface area contributed by atoms with E-state index in [1.807, 2.05) is 20.8 Å². The number of carbonyl (C=O) groups excluding carboxylic acids is 1. The molecule has 0 saturated heterocycles. The van der Waals surface area contributed by atoms with Gasteiger partial charge in [0, 0.05) is 27.7 Å². The van der Waals surface area contributed by atoms with Crippen LogP contribution in [-0.4, -0.2) is 31.8 Å². The maximum absolute atomic E-state index is 13.7. The monoisotopic (exact) mass is 399 g/mol. The zero-order valence-corrected chi connectivity index (χ0v) is 15.0. The van der Waals surface area contributed by atoms with E-state index < -0.39 is 19.8 Å². The second kappa shape index (κ2) is 7.07.